The lowest BCUT2D eigenvalue weighted by Crippen LogP contribution is -1.99. The number of nitrogens with one attached hydrogen (secondary N) is 2. The molecule has 0 saturated heterocycles. The molecule has 0 unspecified atom stereocenters. The number of fused-ring (bicyclic) bond motifs is 1. The van der Waals surface area contributed by atoms with Crippen molar-refractivity contribution in [3.8, 4) is 0 Å². The standard InChI is InChI=1S/C10H12N2O.2H2/c1-6(2)7-4-3-5-8-9(7)12-10(13)11-8;;/h3-6H,1-2H3,(H2,11,12,13);2*1H. The van der Waals surface area contributed by atoms with Crippen molar-refractivity contribution < 1.29 is 2.85 Å². The van der Waals surface area contributed by atoms with Gasteiger partial charge in [0, 0.05) is 2.85 Å². The van der Waals surface area contributed by atoms with Crippen LogP contribution in [0.5, 0.6) is 0 Å². The molecule has 0 spiro atoms. The first-order valence-electron chi connectivity index (χ1n) is 4.39. The summed E-state index contributed by atoms with van der Waals surface area (Å²) in [5.74, 6) is 0.426. The molecule has 0 radical (unpaired) electrons. The summed E-state index contributed by atoms with van der Waals surface area (Å²) >= 11 is 0. The number of imidazole rings is 1. The highest BCUT2D eigenvalue weighted by Crippen LogP contribution is 2.21. The molecule has 0 atom stereocenters. The summed E-state index contributed by atoms with van der Waals surface area (Å²) in [5.41, 5.74) is 2.86. The minimum absolute atomic E-state index is 0. The number of rotatable bonds is 1. The van der Waals surface area contributed by atoms with Crippen LogP contribution >= 0.6 is 0 Å². The molecule has 2 N–H and O–H groups in total. The van der Waals surface area contributed by atoms with Crippen molar-refractivity contribution >= 4 is 11.0 Å². The van der Waals surface area contributed by atoms with Gasteiger partial charge in [-0.3, -0.25) is 0 Å². The van der Waals surface area contributed by atoms with Crippen molar-refractivity contribution in [3.05, 3.63) is 34.2 Å². The van der Waals surface area contributed by atoms with Gasteiger partial charge in [0.15, 0.2) is 0 Å². The molecule has 0 saturated carbocycles. The predicted molar refractivity (Wildman–Crippen MR) is 57.2 cm³/mol. The van der Waals surface area contributed by atoms with Gasteiger partial charge in [-0.1, -0.05) is 26.0 Å². The fourth-order valence-electron chi connectivity index (χ4n) is 1.56. The Labute approximate surface area is 78.8 Å². The third kappa shape index (κ3) is 1.26. The van der Waals surface area contributed by atoms with Crippen molar-refractivity contribution in [2.75, 3.05) is 0 Å². The zero-order chi connectivity index (χ0) is 9.42. The van der Waals surface area contributed by atoms with Crippen LogP contribution < -0.4 is 5.69 Å². The molecule has 0 aliphatic heterocycles. The average molecular weight is 180 g/mol. The summed E-state index contributed by atoms with van der Waals surface area (Å²) in [6.07, 6.45) is 0. The molecule has 0 bridgehead atoms. The third-order valence-electron chi connectivity index (χ3n) is 2.21. The number of hydrogen-bond donors (Lipinski definition) is 2. The molecule has 1 heterocycles. The molecule has 3 heteroatoms. The van der Waals surface area contributed by atoms with Crippen LogP contribution in [0.15, 0.2) is 23.0 Å². The van der Waals surface area contributed by atoms with Crippen molar-refractivity contribution in [2.45, 2.75) is 19.8 Å². The Morgan fingerprint density at radius 3 is 2.77 bits per heavy atom. The van der Waals surface area contributed by atoms with Gasteiger partial charge in [-0.05, 0) is 17.5 Å². The van der Waals surface area contributed by atoms with Crippen LogP contribution in [-0.4, -0.2) is 9.97 Å². The fourth-order valence-corrected chi connectivity index (χ4v) is 1.56. The largest absolute Gasteiger partial charge is 0.323 e. The second kappa shape index (κ2) is 2.76. The minimum Gasteiger partial charge on any atom is -0.306 e. The van der Waals surface area contributed by atoms with Gasteiger partial charge in [0.25, 0.3) is 0 Å². The highest BCUT2D eigenvalue weighted by atomic mass is 16.1. The van der Waals surface area contributed by atoms with Gasteiger partial charge in [0.05, 0.1) is 11.0 Å². The van der Waals surface area contributed by atoms with E-state index in [1.54, 1.807) is 0 Å². The maximum Gasteiger partial charge on any atom is 0.323 e. The van der Waals surface area contributed by atoms with E-state index in [-0.39, 0.29) is 8.54 Å². The lowest BCUT2D eigenvalue weighted by molar-refractivity contribution is 0.873. The topological polar surface area (TPSA) is 48.6 Å². The molecule has 2 rings (SSSR count). The summed E-state index contributed by atoms with van der Waals surface area (Å²) in [6, 6.07) is 5.90. The van der Waals surface area contributed by atoms with Gasteiger partial charge in [0.2, 0.25) is 0 Å². The molecule has 72 valence electrons. The van der Waals surface area contributed by atoms with Crippen LogP contribution in [0.1, 0.15) is 28.2 Å². The summed E-state index contributed by atoms with van der Waals surface area (Å²) < 4.78 is 0. The normalized spacial score (nSPS) is 11.3. The van der Waals surface area contributed by atoms with Gasteiger partial charge in [-0.15, -0.1) is 0 Å². The Hall–Kier alpha value is -1.51. The van der Waals surface area contributed by atoms with Gasteiger partial charge in [0.1, 0.15) is 0 Å². The average Bonchev–Trinajstić information content (AvgIpc) is 2.43. The number of H-pyrrole nitrogens is 2. The molecule has 0 aliphatic rings. The zero-order valence-corrected chi connectivity index (χ0v) is 7.72. The quantitative estimate of drug-likeness (QED) is 0.695. The Kier molecular flexibility index (Phi) is 1.72. The maximum atomic E-state index is 11.1. The maximum absolute atomic E-state index is 11.1. The fraction of sp³-hybridized carbons (Fsp3) is 0.300. The zero-order valence-electron chi connectivity index (χ0n) is 7.72. The number of hydrogen-bond acceptors (Lipinski definition) is 1. The molecular weight excluding hydrogens is 164 g/mol. The van der Waals surface area contributed by atoms with Crippen molar-refractivity contribution in [1.29, 1.82) is 0 Å². The Morgan fingerprint density at radius 1 is 1.31 bits per heavy atom. The second-order valence-corrected chi connectivity index (χ2v) is 3.50. The molecule has 0 fully saturated rings. The molecule has 0 amide bonds. The van der Waals surface area contributed by atoms with Crippen LogP contribution in [0.2, 0.25) is 0 Å². The molecular formula is C10H16N2O. The van der Waals surface area contributed by atoms with E-state index in [1.165, 1.54) is 5.56 Å². The van der Waals surface area contributed by atoms with Crippen LogP contribution in [0.25, 0.3) is 11.0 Å². The van der Waals surface area contributed by atoms with E-state index < -0.39 is 0 Å². The second-order valence-electron chi connectivity index (χ2n) is 3.50. The van der Waals surface area contributed by atoms with Crippen molar-refractivity contribution in [3.63, 3.8) is 0 Å². The van der Waals surface area contributed by atoms with Crippen molar-refractivity contribution in [2.24, 2.45) is 0 Å². The number of aromatic nitrogens is 2. The minimum atomic E-state index is -0.136. The first-order chi connectivity index (χ1) is 6.18. The highest BCUT2D eigenvalue weighted by molar-refractivity contribution is 5.78. The summed E-state index contributed by atoms with van der Waals surface area (Å²) in [5, 5.41) is 0. The van der Waals surface area contributed by atoms with Crippen LogP contribution in [0.3, 0.4) is 0 Å². The molecule has 13 heavy (non-hydrogen) atoms. The lowest BCUT2D eigenvalue weighted by Gasteiger charge is -2.04. The Bertz CT molecular complexity index is 487. The van der Waals surface area contributed by atoms with Gasteiger partial charge < -0.3 is 9.97 Å². The third-order valence-corrected chi connectivity index (χ3v) is 2.21. The first-order valence-corrected chi connectivity index (χ1v) is 4.39. The van der Waals surface area contributed by atoms with E-state index in [2.05, 4.69) is 23.8 Å². The van der Waals surface area contributed by atoms with E-state index in [4.69, 9.17) is 0 Å². The van der Waals surface area contributed by atoms with Crippen LogP contribution in [-0.2, 0) is 0 Å². The van der Waals surface area contributed by atoms with Gasteiger partial charge in [-0.25, -0.2) is 4.79 Å². The molecule has 2 aromatic rings. The summed E-state index contributed by atoms with van der Waals surface area (Å²) in [4.78, 5) is 16.6. The number of benzene rings is 1. The molecule has 0 aliphatic carbocycles. The Morgan fingerprint density at radius 2 is 2.08 bits per heavy atom. The number of para-hydroxylation sites is 1. The highest BCUT2D eigenvalue weighted by Gasteiger charge is 2.06. The van der Waals surface area contributed by atoms with E-state index in [0.717, 1.165) is 11.0 Å². The summed E-state index contributed by atoms with van der Waals surface area (Å²) in [7, 11) is 0. The monoisotopic (exact) mass is 180 g/mol. The molecule has 1 aromatic heterocycles. The van der Waals surface area contributed by atoms with Crippen molar-refractivity contribution in [1.82, 2.24) is 9.97 Å². The smallest absolute Gasteiger partial charge is 0.306 e. The predicted octanol–water partition coefficient (Wildman–Crippen LogP) is 2.47. The molecule has 1 aromatic carbocycles. The summed E-state index contributed by atoms with van der Waals surface area (Å²) in [6.45, 7) is 4.22. The van der Waals surface area contributed by atoms with E-state index in [1.807, 2.05) is 18.2 Å². The Balaban J connectivity index is 0.000000980. The SMILES string of the molecule is CC(C)c1cccc2[nH]c(=O)[nH]c12.[HH].[HH]. The van der Waals surface area contributed by atoms with Gasteiger partial charge >= 0.3 is 5.69 Å². The van der Waals surface area contributed by atoms with E-state index in [0.29, 0.717) is 5.92 Å². The van der Waals surface area contributed by atoms with Crippen LogP contribution in [0.4, 0.5) is 0 Å². The van der Waals surface area contributed by atoms with Gasteiger partial charge in [-0.2, -0.15) is 0 Å². The van der Waals surface area contributed by atoms with E-state index in [9.17, 15) is 4.79 Å². The molecule has 3 nitrogen and oxygen atoms in total. The number of aromatic amines is 2. The lowest BCUT2D eigenvalue weighted by atomic mass is 10.0. The van der Waals surface area contributed by atoms with E-state index >= 15 is 0 Å². The van der Waals surface area contributed by atoms with Crippen LogP contribution in [0, 0.1) is 0 Å². The first kappa shape index (κ1) is 8.10.